The highest BCUT2D eigenvalue weighted by Gasteiger charge is 2.46. The van der Waals surface area contributed by atoms with Crippen molar-refractivity contribution in [1.82, 2.24) is 19.9 Å². The molecule has 1 saturated carbocycles. The summed E-state index contributed by atoms with van der Waals surface area (Å²) in [4.78, 5) is 21.7. The Hall–Kier alpha value is -4.93. The summed E-state index contributed by atoms with van der Waals surface area (Å²) in [7, 11) is 5.25. The van der Waals surface area contributed by atoms with Gasteiger partial charge in [0, 0.05) is 42.5 Å². The predicted molar refractivity (Wildman–Crippen MR) is 172 cm³/mol. The second-order valence-electron chi connectivity index (χ2n) is 11.8. The van der Waals surface area contributed by atoms with Crippen molar-refractivity contribution < 1.29 is 23.7 Å². The lowest BCUT2D eigenvalue weighted by molar-refractivity contribution is 0.0477. The van der Waals surface area contributed by atoms with Crippen LogP contribution in [-0.4, -0.2) is 52.6 Å². The molecule has 0 atom stereocenters. The topological polar surface area (TPSA) is 121 Å². The van der Waals surface area contributed by atoms with Gasteiger partial charge in [0.1, 0.15) is 29.5 Å². The first kappa shape index (κ1) is 30.5. The third-order valence-corrected chi connectivity index (χ3v) is 7.21. The van der Waals surface area contributed by atoms with E-state index in [0.29, 0.717) is 28.8 Å². The van der Waals surface area contributed by atoms with Crippen molar-refractivity contribution in [3.63, 3.8) is 0 Å². The maximum Gasteiger partial charge on any atom is 0.408 e. The number of hydrogen-bond donors (Lipinski definition) is 3. The molecule has 232 valence electrons. The Bertz CT molecular complexity index is 1690. The summed E-state index contributed by atoms with van der Waals surface area (Å²) in [6.45, 7) is 7.72. The molecule has 5 rings (SSSR count). The molecule has 1 fully saturated rings. The molecule has 4 aromatic rings. The van der Waals surface area contributed by atoms with Crippen LogP contribution in [0, 0.1) is 0 Å². The van der Waals surface area contributed by atoms with Gasteiger partial charge in [0.25, 0.3) is 0 Å². The van der Waals surface area contributed by atoms with Crippen LogP contribution in [0.3, 0.4) is 0 Å². The molecule has 0 aliphatic heterocycles. The van der Waals surface area contributed by atoms with Crippen molar-refractivity contribution in [1.29, 1.82) is 0 Å². The number of ether oxygens (including phenoxy) is 4. The highest BCUT2D eigenvalue weighted by Crippen LogP contribution is 2.41. The molecule has 3 N–H and O–H groups in total. The van der Waals surface area contributed by atoms with Crippen LogP contribution in [0.5, 0.6) is 17.2 Å². The molecule has 2 aromatic carbocycles. The van der Waals surface area contributed by atoms with Gasteiger partial charge in [0.05, 0.1) is 42.3 Å². The van der Waals surface area contributed by atoms with Crippen LogP contribution >= 0.6 is 0 Å². The minimum absolute atomic E-state index is 0.286. The summed E-state index contributed by atoms with van der Waals surface area (Å²) in [6.07, 6.45) is 8.64. The number of aryl methyl sites for hydroxylation is 1. The van der Waals surface area contributed by atoms with Crippen molar-refractivity contribution in [3.8, 4) is 28.5 Å². The fourth-order valence-electron chi connectivity index (χ4n) is 4.81. The summed E-state index contributed by atoms with van der Waals surface area (Å²) in [5, 5.41) is 10.6. The maximum atomic E-state index is 12.4. The van der Waals surface area contributed by atoms with Gasteiger partial charge in [-0.05, 0) is 71.0 Å². The largest absolute Gasteiger partial charge is 0.497 e. The summed E-state index contributed by atoms with van der Waals surface area (Å²) in [6, 6.07) is 11.6. The number of benzene rings is 2. The van der Waals surface area contributed by atoms with E-state index in [2.05, 4.69) is 25.5 Å². The molecular weight excluding hydrogens is 560 g/mol. The monoisotopic (exact) mass is 600 g/mol. The highest BCUT2D eigenvalue weighted by atomic mass is 16.6. The summed E-state index contributed by atoms with van der Waals surface area (Å²) < 4.78 is 24.9. The van der Waals surface area contributed by atoms with Gasteiger partial charge < -0.3 is 39.5 Å². The molecule has 1 aliphatic carbocycles. The number of allylic oxidation sites excluding steroid dienone is 1. The molecule has 2 aromatic heterocycles. The zero-order valence-corrected chi connectivity index (χ0v) is 26.3. The molecular formula is C33H40N6O5. The SMILES string of the molecule is CC=CNc1cc(Nc2nccc(-c3cn(C)c4cc(OC)ccc34)n2)c(OC)cc1OCC1(NC(=O)OC(C)(C)C)CC1. The zero-order valence-electron chi connectivity index (χ0n) is 26.3. The Morgan fingerprint density at radius 1 is 1.07 bits per heavy atom. The number of carbonyl (C=O) groups is 1. The fourth-order valence-corrected chi connectivity index (χ4v) is 4.81. The first-order valence-corrected chi connectivity index (χ1v) is 14.5. The van der Waals surface area contributed by atoms with Crippen molar-refractivity contribution in [2.75, 3.05) is 31.5 Å². The van der Waals surface area contributed by atoms with Gasteiger partial charge in [-0.3, -0.25) is 0 Å². The molecule has 11 nitrogen and oxygen atoms in total. The third-order valence-electron chi connectivity index (χ3n) is 7.21. The highest BCUT2D eigenvalue weighted by molar-refractivity contribution is 5.96. The second kappa shape index (κ2) is 12.4. The Labute approximate surface area is 257 Å². The molecule has 11 heteroatoms. The van der Waals surface area contributed by atoms with Crippen LogP contribution in [-0.2, 0) is 11.8 Å². The minimum atomic E-state index is -0.576. The Morgan fingerprint density at radius 2 is 1.86 bits per heavy atom. The van der Waals surface area contributed by atoms with Gasteiger partial charge in [0.2, 0.25) is 5.95 Å². The van der Waals surface area contributed by atoms with Crippen LogP contribution in [0.1, 0.15) is 40.5 Å². The van der Waals surface area contributed by atoms with E-state index in [9.17, 15) is 4.79 Å². The molecule has 2 heterocycles. The van der Waals surface area contributed by atoms with Gasteiger partial charge in [-0.2, -0.15) is 0 Å². The molecule has 0 radical (unpaired) electrons. The molecule has 0 spiro atoms. The van der Waals surface area contributed by atoms with Crippen LogP contribution in [0.4, 0.5) is 22.1 Å². The normalized spacial score (nSPS) is 13.9. The van der Waals surface area contributed by atoms with Crippen LogP contribution in [0.15, 0.2) is 61.1 Å². The van der Waals surface area contributed by atoms with E-state index in [0.717, 1.165) is 40.8 Å². The van der Waals surface area contributed by atoms with Gasteiger partial charge in [-0.15, -0.1) is 0 Å². The summed E-state index contributed by atoms with van der Waals surface area (Å²) in [5.41, 5.74) is 3.11. The zero-order chi connectivity index (χ0) is 31.5. The average molecular weight is 601 g/mol. The number of anilines is 3. The maximum absolute atomic E-state index is 12.4. The quantitative estimate of drug-likeness (QED) is 0.171. The Morgan fingerprint density at radius 3 is 2.55 bits per heavy atom. The molecule has 0 bridgehead atoms. The standard InChI is InChI=1S/C33H40N6O5/c1-8-14-34-25-17-26(28(42-7)18-29(25)43-20-33(12-13-33)38-31(40)44-32(2,3)4)37-30-35-15-11-24(36-30)23-19-39(5)27-16-21(41-6)9-10-22(23)27/h8-11,14-19,34H,12-13,20H2,1-7H3,(H,38,40)(H,35,36,37). The number of amides is 1. The third kappa shape index (κ3) is 6.99. The number of methoxy groups -OCH3 is 2. The smallest absolute Gasteiger partial charge is 0.408 e. The van der Waals surface area contributed by atoms with E-state index in [1.165, 1.54) is 0 Å². The number of aromatic nitrogens is 3. The van der Waals surface area contributed by atoms with Gasteiger partial charge in [-0.25, -0.2) is 14.8 Å². The Balaban J connectivity index is 1.39. The van der Waals surface area contributed by atoms with Crippen molar-refractivity contribution in [2.24, 2.45) is 7.05 Å². The molecule has 44 heavy (non-hydrogen) atoms. The number of carbonyl (C=O) groups excluding carboxylic acids is 1. The first-order chi connectivity index (χ1) is 21.0. The van der Waals surface area contributed by atoms with Gasteiger partial charge in [0.15, 0.2) is 0 Å². The lowest BCUT2D eigenvalue weighted by Crippen LogP contribution is -2.44. The van der Waals surface area contributed by atoms with Crippen LogP contribution in [0.2, 0.25) is 0 Å². The number of hydrogen-bond acceptors (Lipinski definition) is 9. The van der Waals surface area contributed by atoms with Crippen LogP contribution in [0.25, 0.3) is 22.2 Å². The van der Waals surface area contributed by atoms with Gasteiger partial charge in [-0.1, -0.05) is 6.08 Å². The predicted octanol–water partition coefficient (Wildman–Crippen LogP) is 6.78. The lowest BCUT2D eigenvalue weighted by Gasteiger charge is -2.24. The minimum Gasteiger partial charge on any atom is -0.497 e. The van der Waals surface area contributed by atoms with E-state index in [1.807, 2.05) is 83.5 Å². The number of fused-ring (bicyclic) bond motifs is 1. The van der Waals surface area contributed by atoms with E-state index >= 15 is 0 Å². The van der Waals surface area contributed by atoms with E-state index in [4.69, 9.17) is 23.9 Å². The van der Waals surface area contributed by atoms with Gasteiger partial charge >= 0.3 is 6.09 Å². The van der Waals surface area contributed by atoms with Crippen molar-refractivity contribution >= 4 is 34.3 Å². The number of nitrogens with one attached hydrogen (secondary N) is 3. The number of rotatable bonds is 11. The van der Waals surface area contributed by atoms with Crippen molar-refractivity contribution in [3.05, 3.63) is 61.1 Å². The lowest BCUT2D eigenvalue weighted by atomic mass is 10.1. The molecule has 1 amide bonds. The fraction of sp³-hybridized carbons (Fsp3) is 0.364. The first-order valence-electron chi connectivity index (χ1n) is 14.5. The van der Waals surface area contributed by atoms with Crippen molar-refractivity contribution in [2.45, 2.75) is 51.7 Å². The van der Waals surface area contributed by atoms with Crippen LogP contribution < -0.4 is 30.2 Å². The summed E-state index contributed by atoms with van der Waals surface area (Å²) in [5.74, 6) is 2.32. The number of alkyl carbamates (subject to hydrolysis) is 1. The second-order valence-corrected chi connectivity index (χ2v) is 11.8. The van der Waals surface area contributed by atoms with E-state index in [-0.39, 0.29) is 6.61 Å². The molecule has 1 aliphatic rings. The summed E-state index contributed by atoms with van der Waals surface area (Å²) >= 11 is 0. The average Bonchev–Trinajstić information content (AvgIpc) is 3.67. The van der Waals surface area contributed by atoms with E-state index in [1.54, 1.807) is 26.5 Å². The molecule has 0 saturated heterocycles. The van der Waals surface area contributed by atoms with E-state index < -0.39 is 17.2 Å². The number of nitrogens with zero attached hydrogens (tertiary/aromatic N) is 3. The Kier molecular flexibility index (Phi) is 8.57. The molecule has 0 unspecified atom stereocenters.